The van der Waals surface area contributed by atoms with Gasteiger partial charge in [0.15, 0.2) is 8.32 Å². The molecule has 0 aliphatic heterocycles. The highest BCUT2D eigenvalue weighted by Crippen LogP contribution is 2.29. The zero-order valence-corrected chi connectivity index (χ0v) is 21.3. The maximum Gasteiger partial charge on any atom is 0.323 e. The van der Waals surface area contributed by atoms with Crippen molar-refractivity contribution in [1.29, 1.82) is 0 Å². The van der Waals surface area contributed by atoms with Crippen molar-refractivity contribution in [2.24, 2.45) is 5.92 Å². The van der Waals surface area contributed by atoms with Crippen molar-refractivity contribution in [3.8, 4) is 0 Å². The summed E-state index contributed by atoms with van der Waals surface area (Å²) < 4.78 is 24.8. The van der Waals surface area contributed by atoms with Crippen LogP contribution in [-0.2, 0) is 22.2 Å². The molecule has 26 heavy (non-hydrogen) atoms. The van der Waals surface area contributed by atoms with Crippen LogP contribution in [0.3, 0.4) is 0 Å². The fourth-order valence-electron chi connectivity index (χ4n) is 3.49. The van der Waals surface area contributed by atoms with Gasteiger partial charge < -0.3 is 17.4 Å². The van der Waals surface area contributed by atoms with Crippen molar-refractivity contribution in [2.45, 2.75) is 104 Å². The molecule has 1 aliphatic rings. The van der Waals surface area contributed by atoms with Gasteiger partial charge >= 0.3 is 23.1 Å². The van der Waals surface area contributed by atoms with E-state index in [9.17, 15) is 4.79 Å². The third kappa shape index (κ3) is 9.27. The van der Waals surface area contributed by atoms with Crippen LogP contribution in [0.15, 0.2) is 0 Å². The van der Waals surface area contributed by atoms with Crippen LogP contribution in [-0.4, -0.2) is 43.6 Å². The lowest BCUT2D eigenvalue weighted by Crippen LogP contribution is -2.53. The van der Waals surface area contributed by atoms with Crippen LogP contribution < -0.4 is 0 Å². The van der Waals surface area contributed by atoms with E-state index < -0.39 is 25.4 Å². The summed E-state index contributed by atoms with van der Waals surface area (Å²) in [6.07, 6.45) is 4.68. The molecule has 1 unspecified atom stereocenters. The monoisotopic (exact) mass is 420 g/mol. The molecule has 1 rings (SSSR count). The highest BCUT2D eigenvalue weighted by molar-refractivity contribution is 6.85. The number of hydrogen-bond donors (Lipinski definition) is 0. The van der Waals surface area contributed by atoms with E-state index in [-0.39, 0.29) is 24.1 Å². The van der Waals surface area contributed by atoms with E-state index in [2.05, 4.69) is 45.8 Å². The molecule has 0 spiro atoms. The molecule has 8 heteroatoms. The molecule has 0 bridgehead atoms. The van der Waals surface area contributed by atoms with Gasteiger partial charge in [0.1, 0.15) is 6.10 Å². The van der Waals surface area contributed by atoms with Crippen molar-refractivity contribution < 1.29 is 22.2 Å². The average molecular weight is 421 g/mol. The maximum absolute atomic E-state index is 12.0. The van der Waals surface area contributed by atoms with Gasteiger partial charge in [-0.1, -0.05) is 13.8 Å². The zero-order valence-electron chi connectivity index (χ0n) is 18.3. The van der Waals surface area contributed by atoms with Gasteiger partial charge in [0.25, 0.3) is 0 Å². The number of ether oxygens (including phenoxy) is 1. The second-order valence-corrected chi connectivity index (χ2v) is 21.1. The Balaban J connectivity index is 2.46. The highest BCUT2D eigenvalue weighted by atomic mass is 28.5. The predicted molar refractivity (Wildman–Crippen MR) is 113 cm³/mol. The second kappa shape index (κ2) is 9.47. The Morgan fingerprint density at radius 3 is 1.85 bits per heavy atom. The summed E-state index contributed by atoms with van der Waals surface area (Å²) >= 11 is 0. The minimum Gasteiger partial charge on any atom is -0.462 e. The Morgan fingerprint density at radius 2 is 1.38 bits per heavy atom. The predicted octanol–water partition coefficient (Wildman–Crippen LogP) is 5.18. The van der Waals surface area contributed by atoms with Gasteiger partial charge in [-0.2, -0.15) is 0 Å². The molecular formula is C18H40O5Si3. The van der Waals surface area contributed by atoms with Crippen LogP contribution in [0.4, 0.5) is 0 Å². The van der Waals surface area contributed by atoms with Gasteiger partial charge in [-0.3, -0.25) is 4.79 Å². The molecule has 0 radical (unpaired) electrons. The van der Waals surface area contributed by atoms with Crippen LogP contribution >= 0.6 is 0 Å². The van der Waals surface area contributed by atoms with Crippen LogP contribution in [0.2, 0.25) is 45.8 Å². The quantitative estimate of drug-likeness (QED) is 0.380. The van der Waals surface area contributed by atoms with Crippen LogP contribution in [0, 0.1) is 5.92 Å². The van der Waals surface area contributed by atoms with Crippen molar-refractivity contribution in [3.05, 3.63) is 0 Å². The van der Waals surface area contributed by atoms with Gasteiger partial charge in [-0.15, -0.1) is 0 Å². The Hall–Kier alpha value is 0.000649. The number of carbonyl (C=O) groups is 1. The molecule has 0 aromatic heterocycles. The molecule has 0 aromatic carbocycles. The summed E-state index contributed by atoms with van der Waals surface area (Å²) in [6.45, 7) is 19.0. The summed E-state index contributed by atoms with van der Waals surface area (Å²) in [5, 5.41) is 0. The molecule has 0 N–H and O–H groups in total. The number of hydrogen-bond acceptors (Lipinski definition) is 5. The van der Waals surface area contributed by atoms with E-state index in [1.54, 1.807) is 0 Å². The zero-order chi connectivity index (χ0) is 20.2. The van der Waals surface area contributed by atoms with Crippen LogP contribution in [0.5, 0.6) is 0 Å². The minimum absolute atomic E-state index is 0.0118. The van der Waals surface area contributed by atoms with Crippen molar-refractivity contribution in [2.75, 3.05) is 0 Å². The number of rotatable bonds is 9. The largest absolute Gasteiger partial charge is 0.462 e. The van der Waals surface area contributed by atoms with Gasteiger partial charge in [0.05, 0.1) is 5.92 Å². The molecule has 1 fully saturated rings. The Bertz CT molecular complexity index is 454. The molecule has 1 saturated carbocycles. The van der Waals surface area contributed by atoms with Crippen molar-refractivity contribution in [3.63, 3.8) is 0 Å². The highest BCUT2D eigenvalue weighted by Gasteiger charge is 2.41. The normalized spacial score (nSPS) is 23.6. The van der Waals surface area contributed by atoms with Crippen LogP contribution in [0.25, 0.3) is 0 Å². The fraction of sp³-hybridized carbons (Fsp3) is 0.944. The molecule has 1 aliphatic carbocycles. The third-order valence-corrected chi connectivity index (χ3v) is 13.7. The summed E-state index contributed by atoms with van der Waals surface area (Å²) in [5.74, 6) is -0.0755. The van der Waals surface area contributed by atoms with E-state index in [1.807, 2.05) is 13.8 Å². The first-order valence-corrected chi connectivity index (χ1v) is 19.1. The topological polar surface area (TPSA) is 54.0 Å². The van der Waals surface area contributed by atoms with Crippen molar-refractivity contribution >= 4 is 31.4 Å². The Kier molecular flexibility index (Phi) is 8.75. The number of carbonyl (C=O) groups excluding carboxylic acids is 1. The summed E-state index contributed by atoms with van der Waals surface area (Å²) in [6, 6.07) is 0. The Morgan fingerprint density at radius 1 is 0.885 bits per heavy atom. The second-order valence-electron chi connectivity index (χ2n) is 9.38. The average Bonchev–Trinajstić information content (AvgIpc) is 2.44. The molecular weight excluding hydrogens is 380 g/mol. The third-order valence-electron chi connectivity index (χ3n) is 4.41. The number of esters is 1. The standard InChI is InChI=1S/C18H40O5Si3/c1-10-15(2)18(19)20-16-11-13-17(14-12-16)21-25(6,7)23-26(8,9)22-24(3,4)5/h15-17H,10-14H2,1-9H3. The van der Waals surface area contributed by atoms with Gasteiger partial charge in [0.2, 0.25) is 0 Å². The molecule has 0 amide bonds. The minimum atomic E-state index is -2.25. The van der Waals surface area contributed by atoms with Gasteiger partial charge in [-0.25, -0.2) is 0 Å². The van der Waals surface area contributed by atoms with E-state index in [0.717, 1.165) is 32.1 Å². The smallest absolute Gasteiger partial charge is 0.323 e. The maximum atomic E-state index is 12.0. The summed E-state index contributed by atoms with van der Waals surface area (Å²) in [4.78, 5) is 12.0. The SMILES string of the molecule is CCC(C)C(=O)OC1CCC(O[Si](C)(C)O[Si](C)(C)O[Si](C)(C)C)CC1. The first-order valence-electron chi connectivity index (χ1n) is 10.0. The first-order chi connectivity index (χ1) is 11.7. The molecule has 0 saturated heterocycles. The van der Waals surface area contributed by atoms with Gasteiger partial charge in [0, 0.05) is 6.10 Å². The first kappa shape index (κ1) is 24.0. The van der Waals surface area contributed by atoms with E-state index in [4.69, 9.17) is 17.4 Å². The van der Waals surface area contributed by atoms with E-state index in [0.29, 0.717) is 0 Å². The van der Waals surface area contributed by atoms with Crippen LogP contribution in [0.1, 0.15) is 46.0 Å². The summed E-state index contributed by atoms with van der Waals surface area (Å²) in [7, 11) is -6.06. The van der Waals surface area contributed by atoms with E-state index in [1.165, 1.54) is 0 Å². The van der Waals surface area contributed by atoms with E-state index >= 15 is 0 Å². The molecule has 0 aromatic rings. The molecule has 154 valence electrons. The van der Waals surface area contributed by atoms with Gasteiger partial charge in [-0.05, 0) is 77.9 Å². The molecule has 1 atom stereocenters. The molecule has 0 heterocycles. The summed E-state index contributed by atoms with van der Waals surface area (Å²) in [5.41, 5.74) is 0. The Labute approximate surface area is 163 Å². The lowest BCUT2D eigenvalue weighted by atomic mass is 9.95. The lowest BCUT2D eigenvalue weighted by Gasteiger charge is -2.39. The fourth-order valence-corrected chi connectivity index (χ4v) is 15.9. The molecule has 5 nitrogen and oxygen atoms in total. The lowest BCUT2D eigenvalue weighted by molar-refractivity contribution is -0.156. The van der Waals surface area contributed by atoms with Crippen molar-refractivity contribution in [1.82, 2.24) is 0 Å².